The minimum absolute atomic E-state index is 0.117. The van der Waals surface area contributed by atoms with Crippen LogP contribution in [0.25, 0.3) is 0 Å². The molecule has 0 fully saturated rings. The first-order valence-electron chi connectivity index (χ1n) is 5.82. The van der Waals surface area contributed by atoms with Crippen LogP contribution < -0.4 is 5.32 Å². The summed E-state index contributed by atoms with van der Waals surface area (Å²) in [5.74, 6) is -0.212. The highest BCUT2D eigenvalue weighted by Crippen LogP contribution is 2.21. The Kier molecular flexibility index (Phi) is 6.01. The van der Waals surface area contributed by atoms with Gasteiger partial charge in [0.2, 0.25) is 0 Å². The lowest BCUT2D eigenvalue weighted by atomic mass is 10.1. The highest BCUT2D eigenvalue weighted by atomic mass is 32.1. The molecule has 5 heteroatoms. The molecule has 0 radical (unpaired) electrons. The van der Waals surface area contributed by atoms with Crippen molar-refractivity contribution in [3.63, 3.8) is 0 Å². The molecule has 1 atom stereocenters. The summed E-state index contributed by atoms with van der Waals surface area (Å²) < 4.78 is 18.6. The fourth-order valence-corrected chi connectivity index (χ4v) is 1.84. The number of hydrogen-bond acceptors (Lipinski definition) is 2. The summed E-state index contributed by atoms with van der Waals surface area (Å²) in [7, 11) is 3.48. The monoisotopic (exact) mass is 270 g/mol. The summed E-state index contributed by atoms with van der Waals surface area (Å²) in [6.45, 7) is 3.15. The van der Waals surface area contributed by atoms with Gasteiger partial charge in [0.05, 0.1) is 12.6 Å². The fraction of sp³-hybridized carbons (Fsp3) is 0.462. The van der Waals surface area contributed by atoms with Crippen LogP contribution >= 0.6 is 12.2 Å². The molecule has 3 nitrogen and oxygen atoms in total. The normalized spacial score (nSPS) is 12.0. The van der Waals surface area contributed by atoms with Crippen molar-refractivity contribution in [3.8, 4) is 0 Å². The zero-order chi connectivity index (χ0) is 13.5. The molecule has 0 bridgehead atoms. The summed E-state index contributed by atoms with van der Waals surface area (Å²) in [5.41, 5.74) is 0.635. The molecule has 1 unspecified atom stereocenters. The maximum atomic E-state index is 13.7. The van der Waals surface area contributed by atoms with Gasteiger partial charge in [0.25, 0.3) is 0 Å². The molecule has 100 valence electrons. The van der Waals surface area contributed by atoms with Crippen LogP contribution in [-0.2, 0) is 4.74 Å². The van der Waals surface area contributed by atoms with Gasteiger partial charge in [0.1, 0.15) is 5.82 Å². The lowest BCUT2D eigenvalue weighted by Gasteiger charge is -2.28. The molecule has 1 rings (SSSR count). The Morgan fingerprint density at radius 3 is 2.78 bits per heavy atom. The van der Waals surface area contributed by atoms with Crippen molar-refractivity contribution in [2.75, 3.05) is 27.3 Å². The van der Waals surface area contributed by atoms with Crippen LogP contribution in [-0.4, -0.2) is 37.3 Å². The number of benzene rings is 1. The Bertz CT molecular complexity index is 400. The topological polar surface area (TPSA) is 24.5 Å². The largest absolute Gasteiger partial charge is 0.383 e. The average Bonchev–Trinajstić information content (AvgIpc) is 2.38. The summed E-state index contributed by atoms with van der Waals surface area (Å²) in [4.78, 5) is 1.84. The predicted molar refractivity (Wildman–Crippen MR) is 75.1 cm³/mol. The summed E-state index contributed by atoms with van der Waals surface area (Å²) in [6.07, 6.45) is 0. The molecule has 0 amide bonds. The predicted octanol–water partition coefficient (Wildman–Crippen LogP) is 2.34. The molecule has 1 aromatic rings. The van der Waals surface area contributed by atoms with E-state index in [0.717, 1.165) is 0 Å². The van der Waals surface area contributed by atoms with E-state index in [-0.39, 0.29) is 11.9 Å². The Labute approximate surface area is 113 Å². The van der Waals surface area contributed by atoms with Crippen molar-refractivity contribution >= 4 is 17.3 Å². The van der Waals surface area contributed by atoms with Gasteiger partial charge in [0.15, 0.2) is 5.11 Å². The van der Waals surface area contributed by atoms with Crippen molar-refractivity contribution in [2.45, 2.75) is 13.0 Å². The summed E-state index contributed by atoms with van der Waals surface area (Å²) in [6, 6.07) is 6.62. The van der Waals surface area contributed by atoms with E-state index < -0.39 is 0 Å². The number of halogens is 1. The van der Waals surface area contributed by atoms with Crippen LogP contribution in [0.2, 0.25) is 0 Å². The molecule has 0 aliphatic carbocycles. The second kappa shape index (κ2) is 7.28. The number of hydrogen-bond donors (Lipinski definition) is 1. The van der Waals surface area contributed by atoms with Gasteiger partial charge >= 0.3 is 0 Å². The lowest BCUT2D eigenvalue weighted by molar-refractivity contribution is 0.202. The first-order chi connectivity index (χ1) is 8.57. The third-order valence-corrected chi connectivity index (χ3v) is 3.27. The summed E-state index contributed by atoms with van der Waals surface area (Å²) in [5, 5.41) is 3.65. The van der Waals surface area contributed by atoms with E-state index in [1.165, 1.54) is 6.07 Å². The molecule has 0 saturated heterocycles. The standard InChI is InChI=1S/C13H19FN2OS/c1-10(11-6-4-5-7-12(11)14)16(2)13(18)15-8-9-17-3/h4-7,10H,8-9H2,1-3H3,(H,15,18). The van der Waals surface area contributed by atoms with Crippen LogP contribution in [0.15, 0.2) is 24.3 Å². The number of ether oxygens (including phenoxy) is 1. The van der Waals surface area contributed by atoms with E-state index >= 15 is 0 Å². The molecule has 0 heterocycles. The first kappa shape index (κ1) is 14.9. The van der Waals surface area contributed by atoms with Crippen LogP contribution in [0.1, 0.15) is 18.5 Å². The van der Waals surface area contributed by atoms with Gasteiger partial charge in [-0.2, -0.15) is 0 Å². The van der Waals surface area contributed by atoms with Gasteiger partial charge < -0.3 is 15.0 Å². The first-order valence-corrected chi connectivity index (χ1v) is 6.22. The molecule has 1 N–H and O–H groups in total. The van der Waals surface area contributed by atoms with Crippen molar-refractivity contribution in [2.24, 2.45) is 0 Å². The Morgan fingerprint density at radius 1 is 1.50 bits per heavy atom. The fourth-order valence-electron chi connectivity index (χ4n) is 1.58. The smallest absolute Gasteiger partial charge is 0.169 e. The zero-order valence-corrected chi connectivity index (χ0v) is 11.8. The Morgan fingerprint density at radius 2 is 2.17 bits per heavy atom. The third-order valence-electron chi connectivity index (χ3n) is 2.84. The van der Waals surface area contributed by atoms with E-state index in [1.54, 1.807) is 19.2 Å². The highest BCUT2D eigenvalue weighted by Gasteiger charge is 2.17. The number of nitrogens with zero attached hydrogens (tertiary/aromatic N) is 1. The maximum Gasteiger partial charge on any atom is 0.169 e. The second-order valence-electron chi connectivity index (χ2n) is 4.03. The minimum atomic E-state index is -0.212. The number of thiocarbonyl (C=S) groups is 1. The van der Waals surface area contributed by atoms with Crippen LogP contribution in [0.4, 0.5) is 4.39 Å². The molecule has 0 aliphatic rings. The van der Waals surface area contributed by atoms with Crippen molar-refractivity contribution in [3.05, 3.63) is 35.6 Å². The van der Waals surface area contributed by atoms with Crippen molar-refractivity contribution in [1.82, 2.24) is 10.2 Å². The molecular weight excluding hydrogens is 251 g/mol. The van der Waals surface area contributed by atoms with Gasteiger partial charge in [-0.05, 0) is 25.2 Å². The Balaban J connectivity index is 2.63. The maximum absolute atomic E-state index is 13.7. The van der Waals surface area contributed by atoms with E-state index in [4.69, 9.17) is 17.0 Å². The average molecular weight is 270 g/mol. The van der Waals surface area contributed by atoms with E-state index in [2.05, 4.69) is 5.32 Å². The molecular formula is C13H19FN2OS. The van der Waals surface area contributed by atoms with Crippen LogP contribution in [0, 0.1) is 5.82 Å². The minimum Gasteiger partial charge on any atom is -0.383 e. The van der Waals surface area contributed by atoms with Gasteiger partial charge in [0, 0.05) is 26.3 Å². The number of nitrogens with one attached hydrogen (secondary N) is 1. The molecule has 0 aliphatic heterocycles. The molecule has 1 aromatic carbocycles. The van der Waals surface area contributed by atoms with Gasteiger partial charge in [-0.3, -0.25) is 0 Å². The number of methoxy groups -OCH3 is 1. The van der Waals surface area contributed by atoms with Crippen molar-refractivity contribution < 1.29 is 9.13 Å². The second-order valence-corrected chi connectivity index (χ2v) is 4.42. The molecule has 0 saturated carbocycles. The van der Waals surface area contributed by atoms with Gasteiger partial charge in [-0.15, -0.1) is 0 Å². The SMILES string of the molecule is COCCNC(=S)N(C)C(C)c1ccccc1F. The van der Waals surface area contributed by atoms with E-state index in [1.807, 2.05) is 24.9 Å². The van der Waals surface area contributed by atoms with Gasteiger partial charge in [-0.1, -0.05) is 18.2 Å². The number of rotatable bonds is 5. The van der Waals surface area contributed by atoms with Crippen molar-refractivity contribution in [1.29, 1.82) is 0 Å². The zero-order valence-electron chi connectivity index (χ0n) is 10.9. The van der Waals surface area contributed by atoms with E-state index in [9.17, 15) is 4.39 Å². The van der Waals surface area contributed by atoms with Gasteiger partial charge in [-0.25, -0.2) is 4.39 Å². The van der Waals surface area contributed by atoms with E-state index in [0.29, 0.717) is 23.8 Å². The van der Waals surface area contributed by atoms with Crippen LogP contribution in [0.5, 0.6) is 0 Å². The molecule has 0 spiro atoms. The quantitative estimate of drug-likeness (QED) is 0.655. The van der Waals surface area contributed by atoms with Crippen LogP contribution in [0.3, 0.4) is 0 Å². The lowest BCUT2D eigenvalue weighted by Crippen LogP contribution is -2.40. The third kappa shape index (κ3) is 3.92. The summed E-state index contributed by atoms with van der Waals surface area (Å²) >= 11 is 5.25. The molecule has 0 aromatic heterocycles. The molecule has 18 heavy (non-hydrogen) atoms. The highest BCUT2D eigenvalue weighted by molar-refractivity contribution is 7.80. The Hall–Kier alpha value is -1.20.